The van der Waals surface area contributed by atoms with Gasteiger partial charge in [0.1, 0.15) is 5.60 Å². The smallest absolute Gasteiger partial charge is 0.309 e. The van der Waals surface area contributed by atoms with Gasteiger partial charge in [0.2, 0.25) is 0 Å². The zero-order chi connectivity index (χ0) is 15.7. The van der Waals surface area contributed by atoms with E-state index in [2.05, 4.69) is 0 Å². The highest BCUT2D eigenvalue weighted by atomic mass is 32.2. The van der Waals surface area contributed by atoms with Gasteiger partial charge in [0.25, 0.3) is 10.1 Å². The number of esters is 1. The molecule has 5 nitrogen and oxygen atoms in total. The molecule has 1 unspecified atom stereocenters. The number of rotatable bonds is 5. The van der Waals surface area contributed by atoms with Crippen LogP contribution in [-0.4, -0.2) is 26.6 Å². The summed E-state index contributed by atoms with van der Waals surface area (Å²) in [5.74, 6) is -0.579. The van der Waals surface area contributed by atoms with Gasteiger partial charge in [0.15, 0.2) is 0 Å². The van der Waals surface area contributed by atoms with Crippen LogP contribution in [0, 0.1) is 12.8 Å². The van der Waals surface area contributed by atoms with E-state index in [-0.39, 0.29) is 23.4 Å². The molecular formula is C15H20O5S. The maximum absolute atomic E-state index is 12.0. The maximum Gasteiger partial charge on any atom is 0.309 e. The van der Waals surface area contributed by atoms with E-state index in [0.717, 1.165) is 5.56 Å². The first-order chi connectivity index (χ1) is 9.70. The monoisotopic (exact) mass is 312 g/mol. The van der Waals surface area contributed by atoms with E-state index in [0.29, 0.717) is 12.8 Å². The lowest BCUT2D eigenvalue weighted by atomic mass is 9.95. The number of benzene rings is 1. The van der Waals surface area contributed by atoms with Gasteiger partial charge in [-0.15, -0.1) is 0 Å². The number of carbonyl (C=O) groups excluding carboxylic acids is 1. The van der Waals surface area contributed by atoms with Crippen LogP contribution in [0.5, 0.6) is 0 Å². The summed E-state index contributed by atoms with van der Waals surface area (Å²) >= 11 is 0. The van der Waals surface area contributed by atoms with E-state index in [4.69, 9.17) is 8.92 Å². The number of hydrogen-bond acceptors (Lipinski definition) is 5. The maximum atomic E-state index is 12.0. The Morgan fingerprint density at radius 3 is 2.43 bits per heavy atom. The van der Waals surface area contributed by atoms with Gasteiger partial charge in [0.05, 0.1) is 17.4 Å². The molecule has 2 rings (SSSR count). The molecular weight excluding hydrogens is 292 g/mol. The molecule has 21 heavy (non-hydrogen) atoms. The van der Waals surface area contributed by atoms with Crippen molar-refractivity contribution in [3.63, 3.8) is 0 Å². The summed E-state index contributed by atoms with van der Waals surface area (Å²) in [6.07, 6.45) is 0.924. The molecule has 1 atom stereocenters. The fraction of sp³-hybridized carbons (Fsp3) is 0.533. The molecule has 1 aromatic rings. The Bertz CT molecular complexity index is 616. The second kappa shape index (κ2) is 5.77. The average molecular weight is 312 g/mol. The second-order valence-corrected chi connectivity index (χ2v) is 7.58. The molecule has 1 heterocycles. The van der Waals surface area contributed by atoms with Gasteiger partial charge in [-0.3, -0.25) is 8.98 Å². The average Bonchev–Trinajstić information content (AvgIpc) is 2.62. The van der Waals surface area contributed by atoms with Gasteiger partial charge < -0.3 is 4.74 Å². The van der Waals surface area contributed by atoms with E-state index in [9.17, 15) is 13.2 Å². The zero-order valence-electron chi connectivity index (χ0n) is 12.5. The SMILES string of the molecule is Cc1ccc(S(=O)(=O)OCCC2CC(C)(C)OC2=O)cc1. The third-order valence-electron chi connectivity index (χ3n) is 3.46. The van der Waals surface area contributed by atoms with Gasteiger partial charge in [-0.1, -0.05) is 17.7 Å². The molecule has 0 radical (unpaired) electrons. The van der Waals surface area contributed by atoms with Gasteiger partial charge in [0, 0.05) is 0 Å². The lowest BCUT2D eigenvalue weighted by Gasteiger charge is -2.14. The van der Waals surface area contributed by atoms with E-state index in [1.54, 1.807) is 12.1 Å². The first-order valence-electron chi connectivity index (χ1n) is 6.89. The summed E-state index contributed by atoms with van der Waals surface area (Å²) in [6.45, 7) is 5.54. The fourth-order valence-electron chi connectivity index (χ4n) is 2.37. The van der Waals surface area contributed by atoms with E-state index >= 15 is 0 Å². The Labute approximate surface area is 125 Å². The number of cyclic esters (lactones) is 1. The molecule has 0 spiro atoms. The van der Waals surface area contributed by atoms with Crippen LogP contribution in [0.1, 0.15) is 32.3 Å². The van der Waals surface area contributed by atoms with Gasteiger partial charge in [-0.25, -0.2) is 0 Å². The first kappa shape index (κ1) is 16.0. The Balaban J connectivity index is 1.91. The molecule has 0 bridgehead atoms. The van der Waals surface area contributed by atoms with Gasteiger partial charge >= 0.3 is 5.97 Å². The molecule has 0 saturated carbocycles. The fourth-order valence-corrected chi connectivity index (χ4v) is 3.29. The number of hydrogen-bond donors (Lipinski definition) is 0. The van der Waals surface area contributed by atoms with Crippen LogP contribution in [0.15, 0.2) is 29.2 Å². The third kappa shape index (κ3) is 4.04. The molecule has 1 aromatic carbocycles. The van der Waals surface area contributed by atoms with Crippen molar-refractivity contribution in [3.8, 4) is 0 Å². The predicted molar refractivity (Wildman–Crippen MR) is 77.2 cm³/mol. The standard InChI is InChI=1S/C15H20O5S/c1-11-4-6-13(7-5-11)21(17,18)19-9-8-12-10-15(2,3)20-14(12)16/h4-7,12H,8-10H2,1-3H3. The van der Waals surface area contributed by atoms with Gasteiger partial charge in [-0.05, 0) is 45.7 Å². The van der Waals surface area contributed by atoms with Crippen LogP contribution in [0.4, 0.5) is 0 Å². The van der Waals surface area contributed by atoms with Crippen molar-refractivity contribution in [2.45, 2.75) is 44.1 Å². The van der Waals surface area contributed by atoms with Crippen molar-refractivity contribution in [3.05, 3.63) is 29.8 Å². The van der Waals surface area contributed by atoms with Crippen LogP contribution in [-0.2, 0) is 23.8 Å². The van der Waals surface area contributed by atoms with Crippen LogP contribution < -0.4 is 0 Å². The molecule has 0 N–H and O–H groups in total. The van der Waals surface area contributed by atoms with Crippen molar-refractivity contribution in [2.24, 2.45) is 5.92 Å². The normalized spacial score (nSPS) is 21.3. The molecule has 1 saturated heterocycles. The largest absolute Gasteiger partial charge is 0.459 e. The highest BCUT2D eigenvalue weighted by Gasteiger charge is 2.39. The number of carbonyl (C=O) groups is 1. The van der Waals surface area contributed by atoms with Crippen LogP contribution in [0.3, 0.4) is 0 Å². The summed E-state index contributed by atoms with van der Waals surface area (Å²) in [4.78, 5) is 11.8. The molecule has 1 aliphatic rings. The third-order valence-corrected chi connectivity index (χ3v) is 4.79. The molecule has 0 amide bonds. The first-order valence-corrected chi connectivity index (χ1v) is 8.29. The molecule has 0 aliphatic carbocycles. The second-order valence-electron chi connectivity index (χ2n) is 5.96. The van der Waals surface area contributed by atoms with Crippen molar-refractivity contribution in [1.82, 2.24) is 0 Å². The Morgan fingerprint density at radius 2 is 1.90 bits per heavy atom. The van der Waals surface area contributed by atoms with E-state index < -0.39 is 15.7 Å². The Kier molecular flexibility index (Phi) is 4.39. The van der Waals surface area contributed by atoms with Crippen molar-refractivity contribution < 1.29 is 22.1 Å². The minimum Gasteiger partial charge on any atom is -0.459 e. The quantitative estimate of drug-likeness (QED) is 0.617. The number of ether oxygens (including phenoxy) is 1. The Hall–Kier alpha value is -1.40. The molecule has 1 aliphatic heterocycles. The zero-order valence-corrected chi connectivity index (χ0v) is 13.3. The van der Waals surface area contributed by atoms with Gasteiger partial charge in [-0.2, -0.15) is 8.42 Å². The summed E-state index contributed by atoms with van der Waals surface area (Å²) in [7, 11) is -3.77. The highest BCUT2D eigenvalue weighted by Crippen LogP contribution is 2.32. The summed E-state index contributed by atoms with van der Waals surface area (Å²) in [5.41, 5.74) is 0.502. The summed E-state index contributed by atoms with van der Waals surface area (Å²) < 4.78 is 34.2. The lowest BCUT2D eigenvalue weighted by Crippen LogP contribution is -2.17. The molecule has 0 aromatic heterocycles. The van der Waals surface area contributed by atoms with Crippen LogP contribution >= 0.6 is 0 Å². The lowest BCUT2D eigenvalue weighted by molar-refractivity contribution is -0.148. The van der Waals surface area contributed by atoms with Crippen LogP contribution in [0.2, 0.25) is 0 Å². The minimum absolute atomic E-state index is 0.0218. The molecule has 116 valence electrons. The molecule has 1 fully saturated rings. The van der Waals surface area contributed by atoms with E-state index in [1.807, 2.05) is 20.8 Å². The van der Waals surface area contributed by atoms with Crippen LogP contribution in [0.25, 0.3) is 0 Å². The summed E-state index contributed by atoms with van der Waals surface area (Å²) in [6, 6.07) is 6.45. The minimum atomic E-state index is -3.77. The van der Waals surface area contributed by atoms with Crippen molar-refractivity contribution in [2.75, 3.05) is 6.61 Å². The summed E-state index contributed by atoms with van der Waals surface area (Å²) in [5, 5.41) is 0. The van der Waals surface area contributed by atoms with Crippen molar-refractivity contribution >= 4 is 16.1 Å². The predicted octanol–water partition coefficient (Wildman–Crippen LogP) is 2.43. The number of aryl methyl sites for hydroxylation is 1. The topological polar surface area (TPSA) is 69.7 Å². The van der Waals surface area contributed by atoms with E-state index in [1.165, 1.54) is 12.1 Å². The molecule has 6 heteroatoms. The highest BCUT2D eigenvalue weighted by molar-refractivity contribution is 7.86. The van der Waals surface area contributed by atoms with Crippen molar-refractivity contribution in [1.29, 1.82) is 0 Å². The Morgan fingerprint density at radius 1 is 1.29 bits per heavy atom.